The Morgan fingerprint density at radius 3 is 2.42 bits per heavy atom. The van der Waals surface area contributed by atoms with E-state index in [9.17, 15) is 0 Å². The monoisotopic (exact) mass is 265 g/mol. The van der Waals surface area contributed by atoms with Crippen molar-refractivity contribution in [2.24, 2.45) is 0 Å². The molecule has 0 radical (unpaired) electrons. The molecule has 0 saturated carbocycles. The van der Waals surface area contributed by atoms with Gasteiger partial charge in [0.05, 0.1) is 12.7 Å². The summed E-state index contributed by atoms with van der Waals surface area (Å²) in [6.45, 7) is 10.2. The number of rotatable bonds is 8. The van der Waals surface area contributed by atoms with Gasteiger partial charge in [0, 0.05) is 19.7 Å². The number of hydrogen-bond donors (Lipinski definition) is 1. The minimum absolute atomic E-state index is 0.199. The van der Waals surface area contributed by atoms with Crippen LogP contribution in [0.5, 0.6) is 5.75 Å². The Balaban J connectivity index is 2.71. The fraction of sp³-hybridized carbons (Fsp3) is 0.625. The zero-order valence-electron chi connectivity index (χ0n) is 12.8. The summed E-state index contributed by atoms with van der Waals surface area (Å²) in [5.41, 5.74) is 1.26. The minimum atomic E-state index is 0.199. The van der Waals surface area contributed by atoms with E-state index in [-0.39, 0.29) is 6.10 Å². The van der Waals surface area contributed by atoms with E-state index in [4.69, 9.17) is 9.47 Å². The highest BCUT2D eigenvalue weighted by Gasteiger charge is 2.17. The average Bonchev–Trinajstić information content (AvgIpc) is 2.38. The first-order valence-electron chi connectivity index (χ1n) is 7.04. The summed E-state index contributed by atoms with van der Waals surface area (Å²) in [6, 6.07) is 8.68. The van der Waals surface area contributed by atoms with Gasteiger partial charge in [0.25, 0.3) is 0 Å². The smallest absolute Gasteiger partial charge is 0.123 e. The van der Waals surface area contributed by atoms with Gasteiger partial charge >= 0.3 is 0 Å². The standard InChI is InChI=1S/C16H27NO2/c1-12(2)19-16-9-7-6-8-15(16)13(3)14(4)17-10-11-18-5/h6-9,12-14,17H,10-11H2,1-5H3. The van der Waals surface area contributed by atoms with E-state index in [2.05, 4.69) is 45.1 Å². The second-order valence-electron chi connectivity index (χ2n) is 5.23. The maximum Gasteiger partial charge on any atom is 0.123 e. The predicted octanol–water partition coefficient (Wildman–Crippen LogP) is 3.20. The van der Waals surface area contributed by atoms with Crippen molar-refractivity contribution in [1.29, 1.82) is 0 Å². The maximum atomic E-state index is 5.89. The van der Waals surface area contributed by atoms with Gasteiger partial charge in [-0.15, -0.1) is 0 Å². The van der Waals surface area contributed by atoms with Gasteiger partial charge in [-0.05, 0) is 38.3 Å². The molecule has 2 unspecified atom stereocenters. The summed E-state index contributed by atoms with van der Waals surface area (Å²) in [5.74, 6) is 1.39. The van der Waals surface area contributed by atoms with Crippen LogP contribution in [-0.4, -0.2) is 32.4 Å². The topological polar surface area (TPSA) is 30.5 Å². The fourth-order valence-electron chi connectivity index (χ4n) is 2.05. The van der Waals surface area contributed by atoms with Crippen LogP contribution in [0.15, 0.2) is 24.3 Å². The van der Waals surface area contributed by atoms with Gasteiger partial charge < -0.3 is 14.8 Å². The van der Waals surface area contributed by atoms with E-state index in [0.717, 1.165) is 18.9 Å². The zero-order valence-corrected chi connectivity index (χ0v) is 12.8. The molecule has 0 bridgehead atoms. The van der Waals surface area contributed by atoms with E-state index >= 15 is 0 Å². The van der Waals surface area contributed by atoms with Crippen LogP contribution in [0.4, 0.5) is 0 Å². The lowest BCUT2D eigenvalue weighted by Gasteiger charge is -2.24. The van der Waals surface area contributed by atoms with Gasteiger partial charge in [0.15, 0.2) is 0 Å². The molecule has 0 aliphatic heterocycles. The van der Waals surface area contributed by atoms with Crippen LogP contribution in [-0.2, 0) is 4.74 Å². The average molecular weight is 265 g/mol. The summed E-state index contributed by atoms with van der Waals surface area (Å²) in [5, 5.41) is 3.48. The number of methoxy groups -OCH3 is 1. The molecule has 1 rings (SSSR count). The molecule has 0 aliphatic carbocycles. The van der Waals surface area contributed by atoms with Crippen LogP contribution in [0.25, 0.3) is 0 Å². The molecular weight excluding hydrogens is 238 g/mol. The highest BCUT2D eigenvalue weighted by molar-refractivity contribution is 5.36. The second kappa shape index (κ2) is 8.18. The molecule has 1 N–H and O–H groups in total. The molecule has 0 aromatic heterocycles. The van der Waals surface area contributed by atoms with Crippen LogP contribution >= 0.6 is 0 Å². The Hall–Kier alpha value is -1.06. The molecule has 2 atom stereocenters. The molecule has 108 valence electrons. The van der Waals surface area contributed by atoms with Crippen molar-refractivity contribution in [3.05, 3.63) is 29.8 Å². The Kier molecular flexibility index (Phi) is 6.89. The minimum Gasteiger partial charge on any atom is -0.491 e. The Bertz CT molecular complexity index is 366. The first-order chi connectivity index (χ1) is 9.06. The predicted molar refractivity (Wildman–Crippen MR) is 80.0 cm³/mol. The van der Waals surface area contributed by atoms with Crippen LogP contribution in [0.1, 0.15) is 39.2 Å². The van der Waals surface area contributed by atoms with Crippen molar-refractivity contribution in [1.82, 2.24) is 5.32 Å². The SMILES string of the molecule is COCCNC(C)C(C)c1ccccc1OC(C)C. The Morgan fingerprint density at radius 2 is 1.79 bits per heavy atom. The molecule has 0 aliphatic rings. The summed E-state index contributed by atoms with van der Waals surface area (Å²) >= 11 is 0. The van der Waals surface area contributed by atoms with Crippen molar-refractivity contribution < 1.29 is 9.47 Å². The van der Waals surface area contributed by atoms with E-state index in [1.807, 2.05) is 12.1 Å². The highest BCUT2D eigenvalue weighted by Crippen LogP contribution is 2.29. The number of ether oxygens (including phenoxy) is 2. The van der Waals surface area contributed by atoms with Gasteiger partial charge in [-0.1, -0.05) is 25.1 Å². The Morgan fingerprint density at radius 1 is 1.11 bits per heavy atom. The summed E-state index contributed by atoms with van der Waals surface area (Å²) in [4.78, 5) is 0. The summed E-state index contributed by atoms with van der Waals surface area (Å²) in [7, 11) is 1.72. The molecule has 0 spiro atoms. The molecule has 1 aromatic carbocycles. The van der Waals surface area contributed by atoms with Gasteiger partial charge in [-0.3, -0.25) is 0 Å². The van der Waals surface area contributed by atoms with E-state index < -0.39 is 0 Å². The number of nitrogens with one attached hydrogen (secondary N) is 1. The van der Waals surface area contributed by atoms with Gasteiger partial charge in [-0.25, -0.2) is 0 Å². The van der Waals surface area contributed by atoms with Crippen LogP contribution in [0.3, 0.4) is 0 Å². The Labute approximate surface area is 117 Å². The lowest BCUT2D eigenvalue weighted by molar-refractivity contribution is 0.194. The van der Waals surface area contributed by atoms with Crippen molar-refractivity contribution in [3.63, 3.8) is 0 Å². The lowest BCUT2D eigenvalue weighted by Crippen LogP contribution is -2.33. The van der Waals surface area contributed by atoms with Crippen molar-refractivity contribution in [2.75, 3.05) is 20.3 Å². The molecule has 0 amide bonds. The number of para-hydroxylation sites is 1. The second-order valence-corrected chi connectivity index (χ2v) is 5.23. The lowest BCUT2D eigenvalue weighted by atomic mass is 9.93. The van der Waals surface area contributed by atoms with Gasteiger partial charge in [0.1, 0.15) is 5.75 Å². The van der Waals surface area contributed by atoms with Gasteiger partial charge in [-0.2, -0.15) is 0 Å². The first kappa shape index (κ1) is 16.0. The van der Waals surface area contributed by atoms with E-state index in [1.54, 1.807) is 7.11 Å². The number of hydrogen-bond acceptors (Lipinski definition) is 3. The maximum absolute atomic E-state index is 5.89. The summed E-state index contributed by atoms with van der Waals surface area (Å²) < 4.78 is 11.0. The van der Waals surface area contributed by atoms with Crippen LogP contribution < -0.4 is 10.1 Å². The van der Waals surface area contributed by atoms with Crippen molar-refractivity contribution in [3.8, 4) is 5.75 Å². The van der Waals surface area contributed by atoms with Crippen LogP contribution in [0, 0.1) is 0 Å². The quantitative estimate of drug-likeness (QED) is 0.732. The fourth-order valence-corrected chi connectivity index (χ4v) is 2.05. The first-order valence-corrected chi connectivity index (χ1v) is 7.04. The third kappa shape index (κ3) is 5.21. The molecule has 0 heterocycles. The van der Waals surface area contributed by atoms with Crippen LogP contribution in [0.2, 0.25) is 0 Å². The van der Waals surface area contributed by atoms with E-state index in [1.165, 1.54) is 5.56 Å². The molecule has 19 heavy (non-hydrogen) atoms. The zero-order chi connectivity index (χ0) is 14.3. The molecule has 3 nitrogen and oxygen atoms in total. The molecule has 0 fully saturated rings. The van der Waals surface area contributed by atoms with Gasteiger partial charge in [0.2, 0.25) is 0 Å². The molecular formula is C16H27NO2. The summed E-state index contributed by atoms with van der Waals surface area (Å²) in [6.07, 6.45) is 0.199. The molecule has 1 aromatic rings. The molecule has 0 saturated heterocycles. The normalized spacial score (nSPS) is 14.4. The van der Waals surface area contributed by atoms with Crippen molar-refractivity contribution >= 4 is 0 Å². The largest absolute Gasteiger partial charge is 0.491 e. The third-order valence-corrected chi connectivity index (χ3v) is 3.29. The molecule has 3 heteroatoms. The highest BCUT2D eigenvalue weighted by atomic mass is 16.5. The van der Waals surface area contributed by atoms with Crippen molar-refractivity contribution in [2.45, 2.75) is 45.8 Å². The number of benzene rings is 1. The third-order valence-electron chi connectivity index (χ3n) is 3.29. The van der Waals surface area contributed by atoms with E-state index in [0.29, 0.717) is 12.0 Å².